The van der Waals surface area contributed by atoms with Crippen molar-refractivity contribution in [2.45, 2.75) is 31.5 Å². The molecule has 0 bridgehead atoms. The molecule has 1 unspecified atom stereocenters. The summed E-state index contributed by atoms with van der Waals surface area (Å²) in [5.74, 6) is 8.05. The number of hydrogen-bond donors (Lipinski definition) is 1. The summed E-state index contributed by atoms with van der Waals surface area (Å²) in [4.78, 5) is 25.6. The van der Waals surface area contributed by atoms with Gasteiger partial charge >= 0.3 is 0 Å². The molecule has 1 aromatic carbocycles. The number of carbonyl (C=O) groups excluding carboxylic acids is 1. The maximum absolute atomic E-state index is 13.3. The van der Waals surface area contributed by atoms with Crippen LogP contribution in [0, 0.1) is 11.8 Å². The smallest absolute Gasteiger partial charge is 0.246 e. The van der Waals surface area contributed by atoms with E-state index < -0.39 is 6.17 Å². The Labute approximate surface area is 227 Å². The maximum atomic E-state index is 13.3. The number of anilines is 1. The number of fused-ring (bicyclic) bond motifs is 1. The molecule has 2 N–H and O–H groups in total. The molecule has 2 fully saturated rings. The number of hydrogen-bond acceptors (Lipinski definition) is 7. The predicted molar refractivity (Wildman–Crippen MR) is 147 cm³/mol. The minimum absolute atomic E-state index is 0.0181. The third-order valence-electron chi connectivity index (χ3n) is 7.34. The Hall–Kier alpha value is -4.10. The maximum Gasteiger partial charge on any atom is 0.246 e. The van der Waals surface area contributed by atoms with E-state index in [1.807, 2.05) is 29.3 Å². The SMILES string of the molecule is COc1cc(C#Cc2cn(C3CCN(C(=O)C=CCN4CCC(F)CC4)C3)c3ncnc(N)c23)cc(OC)c1. The van der Waals surface area contributed by atoms with Crippen molar-refractivity contribution in [2.24, 2.45) is 0 Å². The van der Waals surface area contributed by atoms with Crippen LogP contribution in [0.2, 0.25) is 0 Å². The Morgan fingerprint density at radius 1 is 1.10 bits per heavy atom. The first-order chi connectivity index (χ1) is 18.9. The van der Waals surface area contributed by atoms with Crippen molar-refractivity contribution in [3.63, 3.8) is 0 Å². The van der Waals surface area contributed by atoms with Crippen molar-refractivity contribution in [1.82, 2.24) is 24.3 Å². The molecule has 2 aliphatic rings. The number of nitrogens with zero attached hydrogens (tertiary/aromatic N) is 5. The van der Waals surface area contributed by atoms with Gasteiger partial charge in [-0.05, 0) is 31.4 Å². The van der Waals surface area contributed by atoms with Gasteiger partial charge in [0.1, 0.15) is 35.5 Å². The third-order valence-corrected chi connectivity index (χ3v) is 7.34. The zero-order chi connectivity index (χ0) is 27.4. The molecule has 5 rings (SSSR count). The van der Waals surface area contributed by atoms with Crippen LogP contribution in [0.4, 0.5) is 10.2 Å². The fraction of sp³-hybridized carbons (Fsp3) is 0.414. The van der Waals surface area contributed by atoms with Crippen molar-refractivity contribution >= 4 is 22.8 Å². The average Bonchev–Trinajstić information content (AvgIpc) is 3.59. The van der Waals surface area contributed by atoms with Gasteiger partial charge < -0.3 is 24.7 Å². The summed E-state index contributed by atoms with van der Waals surface area (Å²) in [6, 6.07) is 5.51. The van der Waals surface area contributed by atoms with Gasteiger partial charge in [-0.2, -0.15) is 0 Å². The number of carbonyl (C=O) groups is 1. The van der Waals surface area contributed by atoms with Crippen LogP contribution >= 0.6 is 0 Å². The third kappa shape index (κ3) is 5.99. The summed E-state index contributed by atoms with van der Waals surface area (Å²) < 4.78 is 26.1. The molecule has 39 heavy (non-hydrogen) atoms. The highest BCUT2D eigenvalue weighted by atomic mass is 19.1. The Kier molecular flexibility index (Phi) is 7.98. The molecule has 2 saturated heterocycles. The monoisotopic (exact) mass is 532 g/mol. The zero-order valence-electron chi connectivity index (χ0n) is 22.3. The molecule has 1 amide bonds. The number of nitrogens with two attached hydrogens (primary N) is 1. The molecule has 9 nitrogen and oxygen atoms in total. The number of alkyl halides is 1. The van der Waals surface area contributed by atoms with Gasteiger partial charge in [-0.1, -0.05) is 17.9 Å². The summed E-state index contributed by atoms with van der Waals surface area (Å²) in [6.45, 7) is 3.33. The molecule has 2 aliphatic heterocycles. The summed E-state index contributed by atoms with van der Waals surface area (Å²) in [5.41, 5.74) is 8.41. The second kappa shape index (κ2) is 11.7. The number of aromatic nitrogens is 3. The van der Waals surface area contributed by atoms with E-state index in [1.165, 1.54) is 6.33 Å². The van der Waals surface area contributed by atoms with Crippen molar-refractivity contribution < 1.29 is 18.7 Å². The number of likely N-dealkylation sites (tertiary alicyclic amines) is 2. The molecule has 10 heteroatoms. The summed E-state index contributed by atoms with van der Waals surface area (Å²) >= 11 is 0. The van der Waals surface area contributed by atoms with E-state index in [-0.39, 0.29) is 11.9 Å². The number of ether oxygens (including phenoxy) is 2. The minimum Gasteiger partial charge on any atom is -0.497 e. The van der Waals surface area contributed by atoms with E-state index in [2.05, 4.69) is 31.3 Å². The Bertz CT molecular complexity index is 1410. The van der Waals surface area contributed by atoms with Crippen LogP contribution in [0.1, 0.15) is 36.4 Å². The van der Waals surface area contributed by atoms with E-state index in [9.17, 15) is 9.18 Å². The Balaban J connectivity index is 1.33. The summed E-state index contributed by atoms with van der Waals surface area (Å²) in [5, 5.41) is 0.696. The largest absolute Gasteiger partial charge is 0.497 e. The molecule has 0 aliphatic carbocycles. The zero-order valence-corrected chi connectivity index (χ0v) is 22.3. The van der Waals surface area contributed by atoms with E-state index in [4.69, 9.17) is 15.2 Å². The number of methoxy groups -OCH3 is 2. The fourth-order valence-corrected chi connectivity index (χ4v) is 5.16. The molecule has 3 aromatic rings. The lowest BCUT2D eigenvalue weighted by Gasteiger charge is -2.27. The highest BCUT2D eigenvalue weighted by Crippen LogP contribution is 2.31. The molecular weight excluding hydrogens is 499 g/mol. The lowest BCUT2D eigenvalue weighted by molar-refractivity contribution is -0.125. The average molecular weight is 533 g/mol. The van der Waals surface area contributed by atoms with E-state index >= 15 is 0 Å². The van der Waals surface area contributed by atoms with Crippen LogP contribution < -0.4 is 15.2 Å². The number of piperidine rings is 1. The van der Waals surface area contributed by atoms with Crippen LogP contribution in [0.15, 0.2) is 42.9 Å². The first kappa shape index (κ1) is 26.5. The normalized spacial score (nSPS) is 18.4. The van der Waals surface area contributed by atoms with Gasteiger partial charge in [0, 0.05) is 56.6 Å². The van der Waals surface area contributed by atoms with Crippen LogP contribution in [-0.4, -0.2) is 83.4 Å². The van der Waals surface area contributed by atoms with Crippen molar-refractivity contribution in [2.75, 3.05) is 52.7 Å². The fourth-order valence-electron chi connectivity index (χ4n) is 5.16. The molecule has 204 valence electrons. The summed E-state index contributed by atoms with van der Waals surface area (Å²) in [7, 11) is 3.19. The number of amides is 1. The van der Waals surface area contributed by atoms with E-state index in [1.54, 1.807) is 26.4 Å². The predicted octanol–water partition coefficient (Wildman–Crippen LogP) is 3.19. The quantitative estimate of drug-likeness (QED) is 0.385. The first-order valence-corrected chi connectivity index (χ1v) is 13.1. The molecule has 0 saturated carbocycles. The highest BCUT2D eigenvalue weighted by molar-refractivity contribution is 5.92. The molecule has 0 spiro atoms. The second-order valence-electron chi connectivity index (χ2n) is 9.86. The molecule has 4 heterocycles. The van der Waals surface area contributed by atoms with Gasteiger partial charge in [0.2, 0.25) is 5.91 Å². The molecule has 2 aromatic heterocycles. The van der Waals surface area contributed by atoms with E-state index in [0.717, 1.165) is 25.1 Å². The van der Waals surface area contributed by atoms with Crippen molar-refractivity contribution in [1.29, 1.82) is 0 Å². The van der Waals surface area contributed by atoms with Gasteiger partial charge in [0.05, 0.1) is 31.2 Å². The number of benzene rings is 1. The van der Waals surface area contributed by atoms with Gasteiger partial charge in [0.25, 0.3) is 0 Å². The second-order valence-corrected chi connectivity index (χ2v) is 9.86. The van der Waals surface area contributed by atoms with Crippen molar-refractivity contribution in [3.8, 4) is 23.3 Å². The molecule has 1 atom stereocenters. The number of rotatable bonds is 6. The van der Waals surface area contributed by atoms with Crippen LogP contribution in [0.3, 0.4) is 0 Å². The summed E-state index contributed by atoms with van der Waals surface area (Å²) in [6.07, 6.45) is 8.13. The first-order valence-electron chi connectivity index (χ1n) is 13.1. The Morgan fingerprint density at radius 2 is 1.85 bits per heavy atom. The van der Waals surface area contributed by atoms with Crippen LogP contribution in [0.5, 0.6) is 11.5 Å². The number of halogens is 1. The lowest BCUT2D eigenvalue weighted by Crippen LogP contribution is -2.34. The Morgan fingerprint density at radius 3 is 2.56 bits per heavy atom. The highest BCUT2D eigenvalue weighted by Gasteiger charge is 2.28. The van der Waals surface area contributed by atoms with Gasteiger partial charge in [0.15, 0.2) is 0 Å². The topological polar surface area (TPSA) is 98.7 Å². The standard InChI is InChI=1S/C29H33FN6O3/c1-38-24-14-20(15-25(16-24)39-2)5-6-21-17-36(29-27(21)28(31)32-19-33-29)23-9-13-35(18-23)26(37)4-3-10-34-11-7-22(30)8-12-34/h3-4,14-17,19,22-23H,7-13,18H2,1-2H3,(H2,31,32,33). The molecular formula is C29H33FN6O3. The van der Waals surface area contributed by atoms with Gasteiger partial charge in [-0.3, -0.25) is 9.69 Å². The number of nitrogen functional groups attached to an aromatic ring is 1. The minimum atomic E-state index is -0.698. The molecule has 0 radical (unpaired) electrons. The van der Waals surface area contributed by atoms with Crippen molar-refractivity contribution in [3.05, 3.63) is 54.0 Å². The van der Waals surface area contributed by atoms with Gasteiger partial charge in [-0.15, -0.1) is 0 Å². The van der Waals surface area contributed by atoms with Crippen LogP contribution in [0.25, 0.3) is 11.0 Å². The van der Waals surface area contributed by atoms with Gasteiger partial charge in [-0.25, -0.2) is 14.4 Å². The van der Waals surface area contributed by atoms with E-state index in [0.29, 0.717) is 66.4 Å². The van der Waals surface area contributed by atoms with Crippen LogP contribution in [-0.2, 0) is 4.79 Å². The lowest BCUT2D eigenvalue weighted by atomic mass is 10.1.